The lowest BCUT2D eigenvalue weighted by Crippen LogP contribution is -2.53. The van der Waals surface area contributed by atoms with Gasteiger partial charge < -0.3 is 20.9 Å². The maximum absolute atomic E-state index is 12.9. The molecule has 0 unspecified atom stereocenters. The SMILES string of the molecule is Cc1c(CN2CCC(Nc3ncnc4sc(CC(F)(F)F)cc34)CC2)ccc2c1cc(C#N)n2CCCC1(NC(=O)CCN)CCC1. The van der Waals surface area contributed by atoms with Gasteiger partial charge in [0, 0.05) is 66.5 Å². The van der Waals surface area contributed by atoms with Crippen LogP contribution in [0.15, 0.2) is 30.6 Å². The summed E-state index contributed by atoms with van der Waals surface area (Å²) in [5.41, 5.74) is 9.54. The number of nitrogens with two attached hydrogens (primary N) is 1. The number of nitrogens with one attached hydrogen (secondary N) is 2. The number of nitriles is 1. The molecule has 3 aromatic heterocycles. The quantitative estimate of drug-likeness (QED) is 0.165. The highest BCUT2D eigenvalue weighted by molar-refractivity contribution is 7.18. The van der Waals surface area contributed by atoms with E-state index >= 15 is 0 Å². The van der Waals surface area contributed by atoms with Crippen LogP contribution in [0.25, 0.3) is 21.1 Å². The summed E-state index contributed by atoms with van der Waals surface area (Å²) in [5.74, 6) is 0.614. The Bertz CT molecular complexity index is 1780. The van der Waals surface area contributed by atoms with Gasteiger partial charge in [-0.25, -0.2) is 9.97 Å². The molecule has 4 N–H and O–H groups in total. The van der Waals surface area contributed by atoms with Gasteiger partial charge in [-0.2, -0.15) is 18.4 Å². The zero-order chi connectivity index (χ0) is 33.2. The second kappa shape index (κ2) is 13.8. The van der Waals surface area contributed by atoms with Gasteiger partial charge in [0.05, 0.1) is 11.8 Å². The maximum atomic E-state index is 12.9. The number of hydrogen-bond donors (Lipinski definition) is 3. The first-order valence-electron chi connectivity index (χ1n) is 16.4. The predicted octanol–water partition coefficient (Wildman–Crippen LogP) is 6.18. The van der Waals surface area contributed by atoms with E-state index in [4.69, 9.17) is 5.73 Å². The molecule has 1 aliphatic carbocycles. The minimum Gasteiger partial charge on any atom is -0.367 e. The smallest absolute Gasteiger partial charge is 0.367 e. The van der Waals surface area contributed by atoms with Gasteiger partial charge in [0.25, 0.3) is 0 Å². The molecule has 0 radical (unpaired) electrons. The van der Waals surface area contributed by atoms with Crippen molar-refractivity contribution in [2.45, 2.75) is 95.6 Å². The van der Waals surface area contributed by atoms with Gasteiger partial charge in [0.1, 0.15) is 28.7 Å². The molecule has 9 nitrogen and oxygen atoms in total. The Morgan fingerprint density at radius 2 is 1.98 bits per heavy atom. The van der Waals surface area contributed by atoms with Crippen molar-refractivity contribution in [3.8, 4) is 6.07 Å². The van der Waals surface area contributed by atoms with Crippen LogP contribution < -0.4 is 16.4 Å². The number of carbonyl (C=O) groups is 1. The Balaban J connectivity index is 1.06. The second-order valence-corrected chi connectivity index (χ2v) is 14.2. The fourth-order valence-corrected chi connectivity index (χ4v) is 8.13. The highest BCUT2D eigenvalue weighted by Gasteiger charge is 2.37. The molecule has 1 aromatic carbocycles. The van der Waals surface area contributed by atoms with Crippen molar-refractivity contribution in [2.75, 3.05) is 25.0 Å². The lowest BCUT2D eigenvalue weighted by Gasteiger charge is -2.43. The first-order chi connectivity index (χ1) is 22.6. The molecular weight excluding hydrogens is 625 g/mol. The van der Waals surface area contributed by atoms with Crippen LogP contribution >= 0.6 is 11.3 Å². The molecule has 2 fully saturated rings. The van der Waals surface area contributed by atoms with E-state index < -0.39 is 12.6 Å². The number of amides is 1. The molecule has 250 valence electrons. The van der Waals surface area contributed by atoms with E-state index in [0.717, 1.165) is 86.8 Å². The Morgan fingerprint density at radius 3 is 2.66 bits per heavy atom. The third-order valence-electron chi connectivity index (χ3n) is 9.78. The van der Waals surface area contributed by atoms with Gasteiger partial charge >= 0.3 is 6.18 Å². The van der Waals surface area contributed by atoms with E-state index in [-0.39, 0.29) is 22.4 Å². The first kappa shape index (κ1) is 33.2. The summed E-state index contributed by atoms with van der Waals surface area (Å²) in [7, 11) is 0. The number of thiophene rings is 1. The van der Waals surface area contributed by atoms with Crippen LogP contribution in [0.4, 0.5) is 19.0 Å². The Labute approximate surface area is 276 Å². The highest BCUT2D eigenvalue weighted by Crippen LogP contribution is 2.37. The number of benzene rings is 1. The third kappa shape index (κ3) is 7.55. The monoisotopic (exact) mass is 666 g/mol. The van der Waals surface area contributed by atoms with Crippen LogP contribution in [0.2, 0.25) is 0 Å². The number of alkyl halides is 3. The maximum Gasteiger partial charge on any atom is 0.393 e. The van der Waals surface area contributed by atoms with Gasteiger partial charge in [-0.1, -0.05) is 6.07 Å². The minimum atomic E-state index is -4.26. The zero-order valence-corrected chi connectivity index (χ0v) is 27.4. The molecule has 13 heteroatoms. The van der Waals surface area contributed by atoms with Crippen LogP contribution in [0.3, 0.4) is 0 Å². The average molecular weight is 667 g/mol. The Hall–Kier alpha value is -3.73. The highest BCUT2D eigenvalue weighted by atomic mass is 32.1. The molecule has 1 amide bonds. The van der Waals surface area contributed by atoms with Crippen LogP contribution in [0, 0.1) is 18.3 Å². The lowest BCUT2D eigenvalue weighted by atomic mass is 9.73. The van der Waals surface area contributed by atoms with Crippen molar-refractivity contribution < 1.29 is 18.0 Å². The number of halogens is 3. The standard InChI is InChI=1S/C34H41F3N8OS/c1-22-23(4-5-29-27(22)16-25(19-39)45(29)13-3-11-33(9-2-10-33)43-30(46)6-12-38)20-44-14-7-24(8-15-44)42-31-28-17-26(18-34(35,36)37)47-32(28)41-21-40-31/h4-5,16-17,21,24H,2-3,6-15,18,20,38H2,1H3,(H,43,46)(H,40,41,42). The summed E-state index contributed by atoms with van der Waals surface area (Å²) in [4.78, 5) is 24.0. The molecule has 4 heterocycles. The molecular formula is C34H41F3N8OS. The topological polar surface area (TPSA) is 125 Å². The summed E-state index contributed by atoms with van der Waals surface area (Å²) in [6.45, 7) is 5.74. The van der Waals surface area contributed by atoms with E-state index in [0.29, 0.717) is 41.2 Å². The minimum absolute atomic E-state index is 0.0203. The van der Waals surface area contributed by atoms with Crippen LogP contribution in [0.1, 0.15) is 73.1 Å². The number of likely N-dealkylation sites (tertiary alicyclic amines) is 1. The van der Waals surface area contributed by atoms with Crippen molar-refractivity contribution in [1.29, 1.82) is 5.26 Å². The van der Waals surface area contributed by atoms with Crippen molar-refractivity contribution >= 4 is 44.2 Å². The van der Waals surface area contributed by atoms with Crippen LogP contribution in [0.5, 0.6) is 0 Å². The van der Waals surface area contributed by atoms with Crippen molar-refractivity contribution in [2.24, 2.45) is 5.73 Å². The average Bonchev–Trinajstić information content (AvgIpc) is 3.58. The number of nitrogens with zero attached hydrogens (tertiary/aromatic N) is 5. The second-order valence-electron chi connectivity index (χ2n) is 13.0. The Morgan fingerprint density at radius 1 is 1.19 bits per heavy atom. The van der Waals surface area contributed by atoms with Gasteiger partial charge in [0.15, 0.2) is 0 Å². The van der Waals surface area contributed by atoms with Crippen molar-refractivity contribution in [1.82, 2.24) is 24.8 Å². The van der Waals surface area contributed by atoms with E-state index in [1.165, 1.54) is 17.5 Å². The number of anilines is 1. The molecule has 0 atom stereocenters. The fraction of sp³-hybridized carbons (Fsp3) is 0.529. The number of fused-ring (bicyclic) bond motifs is 2. The fourth-order valence-electron chi connectivity index (χ4n) is 7.11. The molecule has 47 heavy (non-hydrogen) atoms. The van der Waals surface area contributed by atoms with Gasteiger partial charge in [-0.05, 0) is 81.2 Å². The molecule has 1 saturated carbocycles. The molecule has 0 bridgehead atoms. The first-order valence-corrected chi connectivity index (χ1v) is 17.2. The van der Waals surface area contributed by atoms with Crippen molar-refractivity contribution in [3.05, 3.63) is 52.3 Å². The molecule has 0 spiro atoms. The third-order valence-corrected chi connectivity index (χ3v) is 10.8. The summed E-state index contributed by atoms with van der Waals surface area (Å²) in [6.07, 6.45) is 3.14. The molecule has 6 rings (SSSR count). The van der Waals surface area contributed by atoms with Gasteiger partial charge in [-0.15, -0.1) is 11.3 Å². The molecule has 4 aromatic rings. The van der Waals surface area contributed by atoms with Gasteiger partial charge in [-0.3, -0.25) is 9.69 Å². The van der Waals surface area contributed by atoms with E-state index in [1.807, 2.05) is 6.07 Å². The summed E-state index contributed by atoms with van der Waals surface area (Å²) >= 11 is 1.06. The number of aryl methyl sites for hydroxylation is 2. The van der Waals surface area contributed by atoms with E-state index in [9.17, 15) is 23.2 Å². The lowest BCUT2D eigenvalue weighted by molar-refractivity contribution is -0.126. The summed E-state index contributed by atoms with van der Waals surface area (Å²) < 4.78 is 40.9. The molecule has 1 aliphatic heterocycles. The predicted molar refractivity (Wildman–Crippen MR) is 178 cm³/mol. The number of hydrogen-bond acceptors (Lipinski definition) is 8. The molecule has 1 saturated heterocycles. The van der Waals surface area contributed by atoms with Crippen LogP contribution in [-0.4, -0.2) is 62.7 Å². The normalized spacial score (nSPS) is 17.1. The number of rotatable bonds is 12. The van der Waals surface area contributed by atoms with Gasteiger partial charge in [0.2, 0.25) is 5.91 Å². The van der Waals surface area contributed by atoms with Crippen molar-refractivity contribution in [3.63, 3.8) is 0 Å². The number of carbonyl (C=O) groups excluding carboxylic acids is 1. The van der Waals surface area contributed by atoms with E-state index in [2.05, 4.69) is 55.2 Å². The zero-order valence-electron chi connectivity index (χ0n) is 26.6. The summed E-state index contributed by atoms with van der Waals surface area (Å²) in [6, 6.07) is 10.4. The summed E-state index contributed by atoms with van der Waals surface area (Å²) in [5, 5.41) is 18.4. The number of piperidine rings is 1. The Kier molecular flexibility index (Phi) is 9.73. The largest absolute Gasteiger partial charge is 0.393 e. The molecule has 2 aliphatic rings. The van der Waals surface area contributed by atoms with Crippen LogP contribution in [-0.2, 0) is 24.3 Å². The van der Waals surface area contributed by atoms with E-state index in [1.54, 1.807) is 6.07 Å². The number of aromatic nitrogens is 3.